The number of rotatable bonds is 5. The van der Waals surface area contributed by atoms with E-state index >= 15 is 0 Å². The van der Waals surface area contributed by atoms with Crippen molar-refractivity contribution in [3.8, 4) is 0 Å². The maximum atomic E-state index is 12.9. The molecule has 1 fully saturated rings. The number of nitrogens with one attached hydrogen (secondary N) is 3. The minimum Gasteiger partial charge on any atom is -0.390 e. The third-order valence-corrected chi connectivity index (χ3v) is 6.05. The SMILES string of the molecule is COCC(=O)N[C@@H]1CN(S(=O)(=O)c2ccc3[nH]c(=O)[nH]c(=O)c3c2)C[C@H]1O. The van der Waals surface area contributed by atoms with Crippen molar-refractivity contribution in [2.45, 2.75) is 17.0 Å². The summed E-state index contributed by atoms with van der Waals surface area (Å²) in [5.74, 6) is -0.470. The standard InChI is InChI=1S/C15H18N4O7S/c1-26-7-13(21)16-11-5-19(6-12(11)20)27(24,25)8-2-3-10-9(4-8)14(22)18-15(23)17-10/h2-4,11-12,20H,5-7H2,1H3,(H,16,21)(H2,17,18,22,23)/t11-,12-/m1/s1. The number of aliphatic hydroxyl groups excluding tert-OH is 1. The molecule has 1 aromatic carbocycles. The van der Waals surface area contributed by atoms with Crippen molar-refractivity contribution in [3.63, 3.8) is 0 Å². The number of hydrogen-bond acceptors (Lipinski definition) is 7. The first kappa shape index (κ1) is 19.2. The summed E-state index contributed by atoms with van der Waals surface area (Å²) in [4.78, 5) is 39.1. The van der Waals surface area contributed by atoms with Crippen LogP contribution in [0, 0.1) is 0 Å². The smallest absolute Gasteiger partial charge is 0.326 e. The van der Waals surface area contributed by atoms with Crippen LogP contribution < -0.4 is 16.6 Å². The van der Waals surface area contributed by atoms with Gasteiger partial charge in [0, 0.05) is 20.2 Å². The van der Waals surface area contributed by atoms with E-state index in [1.54, 1.807) is 0 Å². The number of ether oxygens (including phenoxy) is 1. The van der Waals surface area contributed by atoms with E-state index in [1.165, 1.54) is 19.2 Å². The van der Waals surface area contributed by atoms with Gasteiger partial charge in [-0.05, 0) is 18.2 Å². The maximum absolute atomic E-state index is 12.9. The predicted octanol–water partition coefficient (Wildman–Crippen LogP) is -2.29. The average Bonchev–Trinajstić information content (AvgIpc) is 2.96. The molecule has 1 aliphatic heterocycles. The number of sulfonamides is 1. The Kier molecular flexibility index (Phi) is 5.15. The zero-order chi connectivity index (χ0) is 19.8. The van der Waals surface area contributed by atoms with Gasteiger partial charge < -0.3 is 20.1 Å². The Morgan fingerprint density at radius 1 is 1.33 bits per heavy atom. The number of aromatic amines is 2. The van der Waals surface area contributed by atoms with E-state index in [2.05, 4.69) is 15.0 Å². The highest BCUT2D eigenvalue weighted by Crippen LogP contribution is 2.23. The van der Waals surface area contributed by atoms with E-state index in [9.17, 15) is 27.9 Å². The van der Waals surface area contributed by atoms with Gasteiger partial charge in [0.25, 0.3) is 5.56 Å². The van der Waals surface area contributed by atoms with Gasteiger partial charge in [-0.3, -0.25) is 14.6 Å². The second-order valence-electron chi connectivity index (χ2n) is 6.11. The fraction of sp³-hybridized carbons (Fsp3) is 0.400. The Hall–Kier alpha value is -2.54. The van der Waals surface area contributed by atoms with Crippen molar-refractivity contribution >= 4 is 26.8 Å². The quantitative estimate of drug-likeness (QED) is 0.441. The summed E-state index contributed by atoms with van der Waals surface area (Å²) < 4.78 is 31.4. The number of carbonyl (C=O) groups excluding carboxylic acids is 1. The Morgan fingerprint density at radius 3 is 2.78 bits per heavy atom. The van der Waals surface area contributed by atoms with Gasteiger partial charge in [0.1, 0.15) is 6.61 Å². The number of carbonyl (C=O) groups is 1. The van der Waals surface area contributed by atoms with Crippen molar-refractivity contribution in [2.24, 2.45) is 0 Å². The Balaban J connectivity index is 1.88. The molecule has 1 saturated heterocycles. The Bertz CT molecular complexity index is 1090. The molecular weight excluding hydrogens is 380 g/mol. The summed E-state index contributed by atoms with van der Waals surface area (Å²) in [5.41, 5.74) is -1.20. The number of benzene rings is 1. The molecule has 1 aromatic heterocycles. The van der Waals surface area contributed by atoms with Gasteiger partial charge in [0.2, 0.25) is 15.9 Å². The number of hydrogen-bond donors (Lipinski definition) is 4. The molecule has 1 amide bonds. The average molecular weight is 398 g/mol. The Morgan fingerprint density at radius 2 is 2.07 bits per heavy atom. The molecule has 12 heteroatoms. The molecule has 27 heavy (non-hydrogen) atoms. The summed E-state index contributed by atoms with van der Waals surface area (Å²) in [7, 11) is -2.68. The molecule has 3 rings (SSSR count). The molecule has 0 spiro atoms. The van der Waals surface area contributed by atoms with Crippen LogP contribution in [0.4, 0.5) is 0 Å². The van der Waals surface area contributed by atoms with Crippen LogP contribution in [0.25, 0.3) is 10.9 Å². The Labute approximate surface area is 153 Å². The lowest BCUT2D eigenvalue weighted by Gasteiger charge is -2.17. The summed E-state index contributed by atoms with van der Waals surface area (Å²) in [6.45, 7) is -0.541. The second kappa shape index (κ2) is 7.23. The molecule has 0 aliphatic carbocycles. The fourth-order valence-electron chi connectivity index (χ4n) is 2.92. The lowest BCUT2D eigenvalue weighted by molar-refractivity contribution is -0.125. The van der Waals surface area contributed by atoms with E-state index in [4.69, 9.17) is 0 Å². The number of aromatic nitrogens is 2. The first-order valence-corrected chi connectivity index (χ1v) is 9.39. The zero-order valence-electron chi connectivity index (χ0n) is 14.3. The molecule has 11 nitrogen and oxygen atoms in total. The highest BCUT2D eigenvalue weighted by molar-refractivity contribution is 7.89. The summed E-state index contributed by atoms with van der Waals surface area (Å²) in [6.07, 6.45) is -1.08. The second-order valence-corrected chi connectivity index (χ2v) is 8.05. The van der Waals surface area contributed by atoms with Gasteiger partial charge in [-0.2, -0.15) is 4.31 Å². The van der Waals surface area contributed by atoms with Crippen LogP contribution in [0.1, 0.15) is 0 Å². The summed E-state index contributed by atoms with van der Waals surface area (Å²) >= 11 is 0. The molecule has 0 unspecified atom stereocenters. The maximum Gasteiger partial charge on any atom is 0.326 e. The number of fused-ring (bicyclic) bond motifs is 1. The van der Waals surface area contributed by atoms with Crippen LogP contribution in [0.2, 0.25) is 0 Å². The number of methoxy groups -OCH3 is 1. The fourth-order valence-corrected chi connectivity index (χ4v) is 4.43. The molecule has 0 saturated carbocycles. The molecule has 2 heterocycles. The highest BCUT2D eigenvalue weighted by atomic mass is 32.2. The molecule has 4 N–H and O–H groups in total. The molecule has 146 valence electrons. The van der Waals surface area contributed by atoms with Gasteiger partial charge in [0.05, 0.1) is 27.9 Å². The predicted molar refractivity (Wildman–Crippen MR) is 93.8 cm³/mol. The third-order valence-electron chi connectivity index (χ3n) is 4.23. The summed E-state index contributed by atoms with van der Waals surface area (Å²) in [5, 5.41) is 12.6. The molecule has 2 aromatic rings. The van der Waals surface area contributed by atoms with E-state index in [-0.39, 0.29) is 35.5 Å². The van der Waals surface area contributed by atoms with Gasteiger partial charge in [-0.15, -0.1) is 0 Å². The molecule has 1 aliphatic rings. The number of H-pyrrole nitrogens is 2. The van der Waals surface area contributed by atoms with Crippen LogP contribution in [0.3, 0.4) is 0 Å². The van der Waals surface area contributed by atoms with Crippen LogP contribution in [-0.2, 0) is 19.6 Å². The topological polar surface area (TPSA) is 162 Å². The first-order chi connectivity index (χ1) is 12.7. The van der Waals surface area contributed by atoms with Gasteiger partial charge in [-0.25, -0.2) is 13.2 Å². The largest absolute Gasteiger partial charge is 0.390 e. The summed E-state index contributed by atoms with van der Waals surface area (Å²) in [6, 6.07) is 2.96. The minimum atomic E-state index is -4.02. The van der Waals surface area contributed by atoms with Gasteiger partial charge >= 0.3 is 5.69 Å². The van der Waals surface area contributed by atoms with E-state index < -0.39 is 39.3 Å². The lowest BCUT2D eigenvalue weighted by atomic mass is 10.2. The number of aliphatic hydroxyl groups is 1. The first-order valence-electron chi connectivity index (χ1n) is 7.95. The highest BCUT2D eigenvalue weighted by Gasteiger charge is 2.39. The minimum absolute atomic E-state index is 0.0142. The van der Waals surface area contributed by atoms with Crippen molar-refractivity contribution in [1.82, 2.24) is 19.6 Å². The third kappa shape index (κ3) is 3.78. The van der Waals surface area contributed by atoms with Crippen molar-refractivity contribution in [3.05, 3.63) is 39.0 Å². The number of nitrogens with zero attached hydrogens (tertiary/aromatic N) is 1. The zero-order valence-corrected chi connectivity index (χ0v) is 15.1. The van der Waals surface area contributed by atoms with Crippen molar-refractivity contribution in [2.75, 3.05) is 26.8 Å². The lowest BCUT2D eigenvalue weighted by Crippen LogP contribution is -2.44. The van der Waals surface area contributed by atoms with Crippen LogP contribution in [-0.4, -0.2) is 72.7 Å². The monoisotopic (exact) mass is 398 g/mol. The molecule has 2 atom stereocenters. The molecular formula is C15H18N4O7S. The normalized spacial score (nSPS) is 20.8. The van der Waals surface area contributed by atoms with Crippen molar-refractivity contribution < 1.29 is 23.1 Å². The van der Waals surface area contributed by atoms with Gasteiger partial charge in [0.15, 0.2) is 0 Å². The number of amides is 1. The van der Waals surface area contributed by atoms with Gasteiger partial charge in [-0.1, -0.05) is 0 Å². The van der Waals surface area contributed by atoms with Crippen LogP contribution >= 0.6 is 0 Å². The molecule has 0 radical (unpaired) electrons. The van der Waals surface area contributed by atoms with Crippen LogP contribution in [0.15, 0.2) is 32.7 Å². The van der Waals surface area contributed by atoms with E-state index in [1.807, 2.05) is 4.98 Å². The van der Waals surface area contributed by atoms with E-state index in [0.29, 0.717) is 0 Å². The van der Waals surface area contributed by atoms with Crippen molar-refractivity contribution in [1.29, 1.82) is 0 Å². The van der Waals surface area contributed by atoms with E-state index in [0.717, 1.165) is 10.4 Å². The number of β-amino-alcohol motifs (C(OH)–C–C–N with tert-alkyl or cyclic N) is 1. The molecule has 0 bridgehead atoms. The van der Waals surface area contributed by atoms with Crippen LogP contribution in [0.5, 0.6) is 0 Å².